The van der Waals surface area contributed by atoms with Crippen LogP contribution in [0, 0.1) is 27.7 Å². The number of nitrogens with zero attached hydrogens (tertiary/aromatic N) is 1. The van der Waals surface area contributed by atoms with E-state index in [1.165, 1.54) is 16.7 Å². The summed E-state index contributed by atoms with van der Waals surface area (Å²) in [5, 5.41) is 13.3. The fraction of sp³-hybridized carbons (Fsp3) is 0.346. The van der Waals surface area contributed by atoms with E-state index in [-0.39, 0.29) is 0 Å². The first-order chi connectivity index (χ1) is 15.3. The third-order valence-corrected chi connectivity index (χ3v) is 6.07. The quantitative estimate of drug-likeness (QED) is 0.505. The van der Waals surface area contributed by atoms with Gasteiger partial charge in [0, 0.05) is 48.2 Å². The van der Waals surface area contributed by atoms with E-state index in [1.54, 1.807) is 14.2 Å². The molecule has 6 heteroatoms. The number of carbonyl (C=O) groups is 1. The summed E-state index contributed by atoms with van der Waals surface area (Å²) in [6.07, 6.45) is 0. The van der Waals surface area contributed by atoms with Gasteiger partial charge in [-0.3, -0.25) is 0 Å². The van der Waals surface area contributed by atoms with Crippen LogP contribution in [0.3, 0.4) is 0 Å². The van der Waals surface area contributed by atoms with Crippen LogP contribution in [-0.2, 0) is 19.6 Å². The van der Waals surface area contributed by atoms with Crippen molar-refractivity contribution in [2.45, 2.75) is 47.3 Å². The Balaban J connectivity index is 1.86. The van der Waals surface area contributed by atoms with Crippen LogP contribution in [0.4, 0.5) is 0 Å². The summed E-state index contributed by atoms with van der Waals surface area (Å²) in [5.41, 5.74) is 7.51. The van der Waals surface area contributed by atoms with E-state index < -0.39 is 5.97 Å². The summed E-state index contributed by atoms with van der Waals surface area (Å²) in [5.74, 6) is 0.564. The van der Waals surface area contributed by atoms with Gasteiger partial charge in [-0.25, -0.2) is 4.79 Å². The van der Waals surface area contributed by atoms with Gasteiger partial charge in [-0.1, -0.05) is 29.8 Å². The molecule has 0 saturated heterocycles. The first-order valence-electron chi connectivity index (χ1n) is 10.7. The molecular weight excluding hydrogens is 404 g/mol. The van der Waals surface area contributed by atoms with Gasteiger partial charge in [0.2, 0.25) is 0 Å². The SMILES string of the molecule is COc1ccc(CNCc2c(C(=O)O)c(C)n(Cc3cc(C)ccc3C)c2C)c(OC)c1. The molecule has 32 heavy (non-hydrogen) atoms. The zero-order chi connectivity index (χ0) is 23.4. The Morgan fingerprint density at radius 1 is 0.938 bits per heavy atom. The Morgan fingerprint density at radius 2 is 1.69 bits per heavy atom. The lowest BCUT2D eigenvalue weighted by atomic mass is 10.1. The standard InChI is InChI=1S/C26H32N2O4/c1-16-7-8-17(2)21(11-16)15-28-18(3)23(25(19(28)4)26(29)30)14-27-13-20-9-10-22(31-5)12-24(20)32-6/h7-12,27H,13-15H2,1-6H3,(H,29,30). The van der Waals surface area contributed by atoms with E-state index in [2.05, 4.69) is 41.9 Å². The molecule has 0 fully saturated rings. The van der Waals surface area contributed by atoms with E-state index in [0.717, 1.165) is 34.0 Å². The summed E-state index contributed by atoms with van der Waals surface area (Å²) >= 11 is 0. The normalized spacial score (nSPS) is 10.9. The average Bonchev–Trinajstić information content (AvgIpc) is 3.00. The Bertz CT molecular complexity index is 1130. The highest BCUT2D eigenvalue weighted by molar-refractivity contribution is 5.91. The summed E-state index contributed by atoms with van der Waals surface area (Å²) in [7, 11) is 3.25. The van der Waals surface area contributed by atoms with E-state index in [1.807, 2.05) is 32.0 Å². The highest BCUT2D eigenvalue weighted by Crippen LogP contribution is 2.27. The van der Waals surface area contributed by atoms with Gasteiger partial charge in [0.05, 0.1) is 19.8 Å². The molecule has 6 nitrogen and oxygen atoms in total. The van der Waals surface area contributed by atoms with Gasteiger partial charge in [0.1, 0.15) is 11.5 Å². The summed E-state index contributed by atoms with van der Waals surface area (Å²) in [6, 6.07) is 12.1. The predicted molar refractivity (Wildman–Crippen MR) is 126 cm³/mol. The molecule has 2 N–H and O–H groups in total. The molecule has 1 heterocycles. The summed E-state index contributed by atoms with van der Waals surface area (Å²) < 4.78 is 12.8. The Hall–Kier alpha value is -3.25. The van der Waals surface area contributed by atoms with Crippen LogP contribution in [0.2, 0.25) is 0 Å². The molecule has 0 bridgehead atoms. The molecule has 0 atom stereocenters. The molecule has 3 rings (SSSR count). The second-order valence-electron chi connectivity index (χ2n) is 8.13. The second kappa shape index (κ2) is 9.92. The monoisotopic (exact) mass is 436 g/mol. The Kier molecular flexibility index (Phi) is 7.26. The number of carboxylic acids is 1. The molecule has 0 saturated carbocycles. The molecular formula is C26H32N2O4. The molecule has 3 aromatic rings. The minimum atomic E-state index is -0.899. The summed E-state index contributed by atoms with van der Waals surface area (Å²) in [6.45, 7) is 9.69. The van der Waals surface area contributed by atoms with Crippen LogP contribution in [0.25, 0.3) is 0 Å². The third-order valence-electron chi connectivity index (χ3n) is 6.07. The molecule has 1 aromatic heterocycles. The Morgan fingerprint density at radius 3 is 2.34 bits per heavy atom. The average molecular weight is 437 g/mol. The fourth-order valence-corrected chi connectivity index (χ4v) is 4.15. The van der Waals surface area contributed by atoms with Crippen LogP contribution < -0.4 is 14.8 Å². The van der Waals surface area contributed by atoms with Gasteiger partial charge in [-0.2, -0.15) is 0 Å². The largest absolute Gasteiger partial charge is 0.497 e. The molecule has 0 aliphatic rings. The van der Waals surface area contributed by atoms with Crippen LogP contribution in [0.15, 0.2) is 36.4 Å². The van der Waals surface area contributed by atoms with Gasteiger partial charge < -0.3 is 24.5 Å². The number of ether oxygens (including phenoxy) is 2. The van der Waals surface area contributed by atoms with Gasteiger partial charge >= 0.3 is 5.97 Å². The van der Waals surface area contributed by atoms with E-state index in [4.69, 9.17) is 9.47 Å². The highest BCUT2D eigenvalue weighted by Gasteiger charge is 2.23. The maximum atomic E-state index is 12.1. The van der Waals surface area contributed by atoms with Crippen LogP contribution in [0.5, 0.6) is 11.5 Å². The van der Waals surface area contributed by atoms with Crippen molar-refractivity contribution >= 4 is 5.97 Å². The molecule has 170 valence electrons. The lowest BCUT2D eigenvalue weighted by molar-refractivity contribution is 0.0694. The topological polar surface area (TPSA) is 72.7 Å². The van der Waals surface area contributed by atoms with Crippen molar-refractivity contribution < 1.29 is 19.4 Å². The van der Waals surface area contributed by atoms with Gasteiger partial charge in [0.15, 0.2) is 0 Å². The van der Waals surface area contributed by atoms with E-state index >= 15 is 0 Å². The van der Waals surface area contributed by atoms with Crippen LogP contribution in [0.1, 0.15) is 49.6 Å². The predicted octanol–water partition coefficient (Wildman–Crippen LogP) is 4.78. The van der Waals surface area contributed by atoms with Crippen molar-refractivity contribution in [3.05, 3.63) is 81.2 Å². The first-order valence-corrected chi connectivity index (χ1v) is 10.7. The lowest BCUT2D eigenvalue weighted by Gasteiger charge is -2.13. The number of aryl methyl sites for hydroxylation is 2. The van der Waals surface area contributed by atoms with Crippen molar-refractivity contribution in [2.75, 3.05) is 14.2 Å². The number of benzene rings is 2. The number of carboxylic acid groups (broad SMARTS) is 1. The second-order valence-corrected chi connectivity index (χ2v) is 8.13. The first kappa shape index (κ1) is 23.4. The lowest BCUT2D eigenvalue weighted by Crippen LogP contribution is -2.16. The van der Waals surface area contributed by atoms with E-state index in [9.17, 15) is 9.90 Å². The maximum absolute atomic E-state index is 12.1. The number of nitrogens with one attached hydrogen (secondary N) is 1. The molecule has 2 aromatic carbocycles. The maximum Gasteiger partial charge on any atom is 0.337 e. The van der Waals surface area contributed by atoms with Gasteiger partial charge in [0.25, 0.3) is 0 Å². The molecule has 0 radical (unpaired) electrons. The minimum Gasteiger partial charge on any atom is -0.497 e. The van der Waals surface area contributed by atoms with E-state index in [0.29, 0.717) is 25.2 Å². The highest BCUT2D eigenvalue weighted by atomic mass is 16.5. The third kappa shape index (κ3) is 4.81. The van der Waals surface area contributed by atoms with Crippen LogP contribution in [-0.4, -0.2) is 29.9 Å². The minimum absolute atomic E-state index is 0.377. The Labute approximate surface area is 189 Å². The van der Waals surface area contributed by atoms with Crippen molar-refractivity contribution in [3.8, 4) is 11.5 Å². The number of hydrogen-bond donors (Lipinski definition) is 2. The molecule has 0 spiro atoms. The van der Waals surface area contributed by atoms with Gasteiger partial charge in [-0.15, -0.1) is 0 Å². The number of aromatic nitrogens is 1. The summed E-state index contributed by atoms with van der Waals surface area (Å²) in [4.78, 5) is 12.1. The fourth-order valence-electron chi connectivity index (χ4n) is 4.15. The van der Waals surface area contributed by atoms with Crippen LogP contribution >= 0.6 is 0 Å². The molecule has 0 unspecified atom stereocenters. The number of rotatable bonds is 9. The molecule has 0 aliphatic heterocycles. The van der Waals surface area contributed by atoms with Gasteiger partial charge in [-0.05, 0) is 44.9 Å². The van der Waals surface area contributed by atoms with Crippen molar-refractivity contribution in [1.82, 2.24) is 9.88 Å². The number of hydrogen-bond acceptors (Lipinski definition) is 4. The zero-order valence-corrected chi connectivity index (χ0v) is 19.7. The molecule has 0 aliphatic carbocycles. The number of methoxy groups -OCH3 is 2. The van der Waals surface area contributed by atoms with Crippen molar-refractivity contribution in [2.24, 2.45) is 0 Å². The smallest absolute Gasteiger partial charge is 0.337 e. The van der Waals surface area contributed by atoms with Crippen molar-refractivity contribution in [1.29, 1.82) is 0 Å². The number of aromatic carboxylic acids is 1. The zero-order valence-electron chi connectivity index (χ0n) is 19.7. The molecule has 0 amide bonds. The van der Waals surface area contributed by atoms with Crippen molar-refractivity contribution in [3.63, 3.8) is 0 Å².